The van der Waals surface area contributed by atoms with Gasteiger partial charge in [0.05, 0.1) is 6.42 Å². The van der Waals surface area contributed by atoms with Gasteiger partial charge in [-0.25, -0.2) is 4.39 Å². The smallest absolute Gasteiger partial charge is 0.227 e. The van der Waals surface area contributed by atoms with Crippen molar-refractivity contribution < 1.29 is 9.18 Å². The topological polar surface area (TPSA) is 36.1 Å². The molecule has 0 atom stereocenters. The third kappa shape index (κ3) is 2.78. The largest absolute Gasteiger partial charge is 0.358 e. The van der Waals surface area contributed by atoms with Crippen molar-refractivity contribution in [1.29, 1.82) is 0 Å². The Kier molecular flexibility index (Phi) is 3.77. The number of H-pyrrole nitrogens is 1. The summed E-state index contributed by atoms with van der Waals surface area (Å²) in [4.78, 5) is 17.7. The van der Waals surface area contributed by atoms with Gasteiger partial charge in [-0.05, 0) is 35.9 Å². The second-order valence-electron chi connectivity index (χ2n) is 6.14. The molecule has 1 amide bonds. The average molecular weight is 343 g/mol. The number of carbonyl (C=O) groups excluding carboxylic acids is 1. The van der Waals surface area contributed by atoms with Crippen molar-refractivity contribution in [3.63, 3.8) is 0 Å². The van der Waals surface area contributed by atoms with E-state index in [1.54, 1.807) is 18.2 Å². The molecule has 0 spiro atoms. The van der Waals surface area contributed by atoms with Crippen LogP contribution in [-0.4, -0.2) is 22.3 Å². The summed E-state index contributed by atoms with van der Waals surface area (Å²) < 4.78 is 13.4. The number of fused-ring (bicyclic) bond motifs is 3. The van der Waals surface area contributed by atoms with Crippen LogP contribution in [0.5, 0.6) is 0 Å². The fraction of sp³-hybridized carbons (Fsp3) is 0.211. The van der Waals surface area contributed by atoms with E-state index >= 15 is 0 Å². The average Bonchev–Trinajstić information content (AvgIpc) is 2.93. The van der Waals surface area contributed by atoms with Crippen LogP contribution in [0.25, 0.3) is 10.9 Å². The summed E-state index contributed by atoms with van der Waals surface area (Å²) in [6.45, 7) is 1.24. The van der Waals surface area contributed by atoms with E-state index in [-0.39, 0.29) is 11.7 Å². The zero-order valence-electron chi connectivity index (χ0n) is 13.0. The fourth-order valence-corrected chi connectivity index (χ4v) is 3.42. The van der Waals surface area contributed by atoms with Crippen LogP contribution >= 0.6 is 11.6 Å². The van der Waals surface area contributed by atoms with Gasteiger partial charge in [0, 0.05) is 46.7 Å². The monoisotopic (exact) mass is 342 g/mol. The number of halogens is 2. The number of rotatable bonds is 2. The molecule has 0 aliphatic carbocycles. The number of nitrogens with zero attached hydrogens (tertiary/aromatic N) is 1. The number of carbonyl (C=O) groups is 1. The molecular weight excluding hydrogens is 327 g/mol. The SMILES string of the molecule is O=C(Cc1ccc(Cl)cc1)N1CCc2[nH]c3cc(F)ccc3c2C1. The van der Waals surface area contributed by atoms with Crippen molar-refractivity contribution in [2.45, 2.75) is 19.4 Å². The Bertz CT molecular complexity index is 917. The van der Waals surface area contributed by atoms with Crippen LogP contribution in [0.2, 0.25) is 5.02 Å². The van der Waals surface area contributed by atoms with Crippen LogP contribution in [0.4, 0.5) is 4.39 Å². The molecule has 0 unspecified atom stereocenters. The molecule has 24 heavy (non-hydrogen) atoms. The van der Waals surface area contributed by atoms with Gasteiger partial charge in [-0.3, -0.25) is 4.79 Å². The number of benzene rings is 2. The number of amides is 1. The van der Waals surface area contributed by atoms with Crippen molar-refractivity contribution >= 4 is 28.4 Å². The predicted octanol–water partition coefficient (Wildman–Crippen LogP) is 4.09. The minimum absolute atomic E-state index is 0.0967. The lowest BCUT2D eigenvalue weighted by atomic mass is 10.0. The second kappa shape index (κ2) is 5.95. The molecule has 122 valence electrons. The Balaban J connectivity index is 1.56. The van der Waals surface area contributed by atoms with E-state index < -0.39 is 0 Å². The van der Waals surface area contributed by atoms with E-state index in [1.165, 1.54) is 12.1 Å². The quantitative estimate of drug-likeness (QED) is 0.748. The van der Waals surface area contributed by atoms with Crippen LogP contribution in [0.1, 0.15) is 16.8 Å². The molecule has 2 heterocycles. The lowest BCUT2D eigenvalue weighted by Crippen LogP contribution is -2.36. The van der Waals surface area contributed by atoms with E-state index in [0.29, 0.717) is 24.5 Å². The van der Waals surface area contributed by atoms with E-state index in [1.807, 2.05) is 17.0 Å². The van der Waals surface area contributed by atoms with Crippen LogP contribution in [0, 0.1) is 5.82 Å². The molecule has 0 saturated heterocycles. The summed E-state index contributed by atoms with van der Waals surface area (Å²) >= 11 is 5.88. The number of aromatic amines is 1. The Labute approximate surface area is 144 Å². The molecular formula is C19H16ClFN2O. The first kappa shape index (κ1) is 15.2. The Hall–Kier alpha value is -2.33. The third-order valence-corrected chi connectivity index (χ3v) is 4.81. The maximum atomic E-state index is 13.4. The normalized spacial score (nSPS) is 14.0. The molecule has 0 fully saturated rings. The van der Waals surface area contributed by atoms with Gasteiger partial charge in [0.25, 0.3) is 0 Å². The molecule has 3 aromatic rings. The predicted molar refractivity (Wildman–Crippen MR) is 92.5 cm³/mol. The molecule has 0 radical (unpaired) electrons. The van der Waals surface area contributed by atoms with Gasteiger partial charge in [0.2, 0.25) is 5.91 Å². The molecule has 0 saturated carbocycles. The summed E-state index contributed by atoms with van der Waals surface area (Å²) in [5.74, 6) is -0.156. The van der Waals surface area contributed by atoms with Gasteiger partial charge in [0.15, 0.2) is 0 Å². The molecule has 4 rings (SSSR count). The van der Waals surface area contributed by atoms with Crippen LogP contribution < -0.4 is 0 Å². The molecule has 1 aliphatic rings. The first-order valence-electron chi connectivity index (χ1n) is 7.91. The highest BCUT2D eigenvalue weighted by Gasteiger charge is 2.24. The highest BCUT2D eigenvalue weighted by Crippen LogP contribution is 2.28. The first-order chi connectivity index (χ1) is 11.6. The van der Waals surface area contributed by atoms with E-state index in [4.69, 9.17) is 11.6 Å². The Morgan fingerprint density at radius 3 is 2.79 bits per heavy atom. The van der Waals surface area contributed by atoms with Crippen molar-refractivity contribution in [2.75, 3.05) is 6.54 Å². The van der Waals surface area contributed by atoms with E-state index in [9.17, 15) is 9.18 Å². The van der Waals surface area contributed by atoms with Crippen LogP contribution in [-0.2, 0) is 24.2 Å². The Morgan fingerprint density at radius 1 is 1.21 bits per heavy atom. The molecule has 1 N–H and O–H groups in total. The minimum atomic E-state index is -0.253. The summed E-state index contributed by atoms with van der Waals surface area (Å²) in [6, 6.07) is 12.1. The fourth-order valence-electron chi connectivity index (χ4n) is 3.30. The zero-order chi connectivity index (χ0) is 16.7. The molecule has 1 aromatic heterocycles. The van der Waals surface area contributed by atoms with E-state index in [2.05, 4.69) is 4.98 Å². The number of hydrogen-bond donors (Lipinski definition) is 1. The summed E-state index contributed by atoms with van der Waals surface area (Å²) in [5.41, 5.74) is 3.95. The van der Waals surface area contributed by atoms with Gasteiger partial charge in [0.1, 0.15) is 5.82 Å². The van der Waals surface area contributed by atoms with Crippen molar-refractivity contribution in [3.05, 3.63) is 70.1 Å². The van der Waals surface area contributed by atoms with Gasteiger partial charge in [-0.1, -0.05) is 23.7 Å². The van der Waals surface area contributed by atoms with Crippen molar-refractivity contribution in [3.8, 4) is 0 Å². The second-order valence-corrected chi connectivity index (χ2v) is 6.58. The Morgan fingerprint density at radius 2 is 2.00 bits per heavy atom. The molecule has 0 bridgehead atoms. The molecule has 3 nitrogen and oxygen atoms in total. The standard InChI is InChI=1S/C19H16ClFN2O/c20-13-3-1-12(2-4-13)9-19(24)23-8-7-17-16(11-23)15-6-5-14(21)10-18(15)22-17/h1-6,10,22H,7-9,11H2. The zero-order valence-corrected chi connectivity index (χ0v) is 13.7. The maximum absolute atomic E-state index is 13.4. The lowest BCUT2D eigenvalue weighted by Gasteiger charge is -2.27. The third-order valence-electron chi connectivity index (χ3n) is 4.56. The number of aromatic nitrogens is 1. The van der Waals surface area contributed by atoms with E-state index in [0.717, 1.165) is 34.1 Å². The summed E-state index contributed by atoms with van der Waals surface area (Å²) in [6.07, 6.45) is 1.13. The highest BCUT2D eigenvalue weighted by molar-refractivity contribution is 6.30. The summed E-state index contributed by atoms with van der Waals surface area (Å²) in [5, 5.41) is 1.66. The maximum Gasteiger partial charge on any atom is 0.227 e. The van der Waals surface area contributed by atoms with Crippen molar-refractivity contribution in [1.82, 2.24) is 9.88 Å². The van der Waals surface area contributed by atoms with Gasteiger partial charge in [-0.15, -0.1) is 0 Å². The lowest BCUT2D eigenvalue weighted by molar-refractivity contribution is -0.131. The first-order valence-corrected chi connectivity index (χ1v) is 8.29. The minimum Gasteiger partial charge on any atom is -0.358 e. The van der Waals surface area contributed by atoms with Crippen LogP contribution in [0.15, 0.2) is 42.5 Å². The van der Waals surface area contributed by atoms with Gasteiger partial charge >= 0.3 is 0 Å². The molecule has 2 aromatic carbocycles. The highest BCUT2D eigenvalue weighted by atomic mass is 35.5. The molecule has 5 heteroatoms. The number of nitrogens with one attached hydrogen (secondary N) is 1. The van der Waals surface area contributed by atoms with Gasteiger partial charge < -0.3 is 9.88 Å². The molecule has 1 aliphatic heterocycles. The van der Waals surface area contributed by atoms with Gasteiger partial charge in [-0.2, -0.15) is 0 Å². The van der Waals surface area contributed by atoms with Crippen LogP contribution in [0.3, 0.4) is 0 Å². The summed E-state index contributed by atoms with van der Waals surface area (Å²) in [7, 11) is 0. The number of hydrogen-bond acceptors (Lipinski definition) is 1. The van der Waals surface area contributed by atoms with Crippen molar-refractivity contribution in [2.24, 2.45) is 0 Å².